The summed E-state index contributed by atoms with van der Waals surface area (Å²) in [4.78, 5) is 55.2. The van der Waals surface area contributed by atoms with Crippen molar-refractivity contribution in [2.45, 2.75) is 76.5 Å². The summed E-state index contributed by atoms with van der Waals surface area (Å²) in [5.41, 5.74) is 11.3. The quantitative estimate of drug-likeness (QED) is 0.0791. The second kappa shape index (κ2) is 15.5. The number of aliphatic imine (C=N–C) groups is 1. The molecule has 5 unspecified atom stereocenters. The number of rotatable bonds is 15. The zero-order valence-electron chi connectivity index (χ0n) is 22.5. The van der Waals surface area contributed by atoms with E-state index in [1.54, 1.807) is 12.1 Å². The maximum Gasteiger partial charge on any atom is 0.326 e. The number of hydrogen-bond acceptors (Lipinski definition) is 7. The van der Waals surface area contributed by atoms with Gasteiger partial charge in [0, 0.05) is 13.0 Å². The van der Waals surface area contributed by atoms with Crippen molar-refractivity contribution >= 4 is 29.7 Å². The number of phenolic OH excluding ortho intramolecular Hbond substituents is 1. The number of benzene rings is 1. The molecule has 1 aromatic carbocycles. The predicted octanol–water partition coefficient (Wildman–Crippen LogP) is -0.675. The molecule has 3 amide bonds. The second-order valence-corrected chi connectivity index (χ2v) is 9.80. The molecule has 5 atom stereocenters. The van der Waals surface area contributed by atoms with E-state index in [0.717, 1.165) is 13.0 Å². The SMILES string of the molecule is CCC(C)C(NC(=O)C1CCCN1)C(=O)NC(CCCN=C(N)N)C(=O)NC(Cc1ccc(O)cc1)C(=O)O. The molecule has 1 aliphatic heterocycles. The van der Waals surface area contributed by atoms with Crippen molar-refractivity contribution < 1.29 is 29.4 Å². The van der Waals surface area contributed by atoms with E-state index in [1.165, 1.54) is 12.1 Å². The molecule has 10 N–H and O–H groups in total. The molecule has 216 valence electrons. The van der Waals surface area contributed by atoms with Crippen LogP contribution in [0.3, 0.4) is 0 Å². The number of carbonyl (C=O) groups excluding carboxylic acids is 3. The maximum absolute atomic E-state index is 13.4. The molecule has 0 saturated carbocycles. The number of hydrogen-bond donors (Lipinski definition) is 8. The summed E-state index contributed by atoms with van der Waals surface area (Å²) in [5.74, 6) is -3.06. The molecular formula is C26H41N7O6. The fraction of sp³-hybridized carbons (Fsp3) is 0.577. The van der Waals surface area contributed by atoms with E-state index >= 15 is 0 Å². The first kappa shape index (κ1) is 31.3. The van der Waals surface area contributed by atoms with Crippen molar-refractivity contribution in [1.82, 2.24) is 21.3 Å². The number of carboxylic acids is 1. The zero-order chi connectivity index (χ0) is 28.9. The van der Waals surface area contributed by atoms with Crippen molar-refractivity contribution in [1.29, 1.82) is 0 Å². The van der Waals surface area contributed by atoms with Gasteiger partial charge in [-0.2, -0.15) is 0 Å². The number of guanidine groups is 1. The van der Waals surface area contributed by atoms with Gasteiger partial charge < -0.3 is 42.9 Å². The summed E-state index contributed by atoms with van der Waals surface area (Å²) in [6, 6.07) is 2.33. The molecule has 1 aromatic rings. The molecule has 1 heterocycles. The maximum atomic E-state index is 13.4. The molecule has 39 heavy (non-hydrogen) atoms. The Hall–Kier alpha value is -3.87. The fourth-order valence-electron chi connectivity index (χ4n) is 4.24. The zero-order valence-corrected chi connectivity index (χ0v) is 22.5. The third-order valence-electron chi connectivity index (χ3n) is 6.74. The lowest BCUT2D eigenvalue weighted by molar-refractivity contribution is -0.142. The molecule has 0 aromatic heterocycles. The lowest BCUT2D eigenvalue weighted by atomic mass is 9.97. The van der Waals surface area contributed by atoms with Gasteiger partial charge in [0.25, 0.3) is 0 Å². The highest BCUT2D eigenvalue weighted by Gasteiger charge is 2.33. The van der Waals surface area contributed by atoms with Crippen LogP contribution in [0.25, 0.3) is 0 Å². The summed E-state index contributed by atoms with van der Waals surface area (Å²) in [6.45, 7) is 4.66. The van der Waals surface area contributed by atoms with Gasteiger partial charge in [0.05, 0.1) is 6.04 Å². The summed E-state index contributed by atoms with van der Waals surface area (Å²) in [5, 5.41) is 30.3. The number of amides is 3. The first-order valence-corrected chi connectivity index (χ1v) is 13.2. The van der Waals surface area contributed by atoms with Crippen molar-refractivity contribution in [3.8, 4) is 5.75 Å². The van der Waals surface area contributed by atoms with Crippen LogP contribution >= 0.6 is 0 Å². The standard InChI is InChI=1S/C26H41N7O6/c1-3-15(2)21(33-22(35)18-6-4-12-29-18)24(37)31-19(7-5-13-30-26(27)28)23(36)32-20(25(38)39)14-16-8-10-17(34)11-9-16/h8-11,15,18-21,29,34H,3-7,12-14H2,1-2H3,(H,31,37)(H,32,36)(H,33,35)(H,38,39)(H4,27,28,30). The Kier molecular flexibility index (Phi) is 12.5. The Morgan fingerprint density at radius 3 is 2.31 bits per heavy atom. The van der Waals surface area contributed by atoms with Crippen LogP contribution in [0.15, 0.2) is 29.3 Å². The van der Waals surface area contributed by atoms with E-state index in [1.807, 2.05) is 13.8 Å². The Labute approximate surface area is 228 Å². The normalized spacial score (nSPS) is 17.7. The van der Waals surface area contributed by atoms with Crippen LogP contribution in [-0.4, -0.2) is 77.1 Å². The van der Waals surface area contributed by atoms with Gasteiger partial charge >= 0.3 is 5.97 Å². The number of nitrogens with zero attached hydrogens (tertiary/aromatic N) is 1. The molecule has 13 heteroatoms. The third-order valence-corrected chi connectivity index (χ3v) is 6.74. The minimum absolute atomic E-state index is 0.0318. The van der Waals surface area contributed by atoms with Gasteiger partial charge in [-0.15, -0.1) is 0 Å². The monoisotopic (exact) mass is 547 g/mol. The Morgan fingerprint density at radius 2 is 1.74 bits per heavy atom. The number of nitrogens with two attached hydrogens (primary N) is 2. The second-order valence-electron chi connectivity index (χ2n) is 9.80. The highest BCUT2D eigenvalue weighted by Crippen LogP contribution is 2.14. The van der Waals surface area contributed by atoms with E-state index in [4.69, 9.17) is 11.5 Å². The summed E-state index contributed by atoms with van der Waals surface area (Å²) >= 11 is 0. The lowest BCUT2D eigenvalue weighted by Gasteiger charge is -2.28. The molecule has 13 nitrogen and oxygen atoms in total. The minimum Gasteiger partial charge on any atom is -0.508 e. The fourth-order valence-corrected chi connectivity index (χ4v) is 4.24. The highest BCUT2D eigenvalue weighted by atomic mass is 16.4. The van der Waals surface area contributed by atoms with E-state index in [2.05, 4.69) is 26.3 Å². The number of carboxylic acid groups (broad SMARTS) is 1. The number of aromatic hydroxyl groups is 1. The highest BCUT2D eigenvalue weighted by molar-refractivity contribution is 5.94. The average Bonchev–Trinajstić information content (AvgIpc) is 3.44. The Bertz CT molecular complexity index is 1010. The molecule has 0 radical (unpaired) electrons. The topological polar surface area (TPSA) is 221 Å². The smallest absolute Gasteiger partial charge is 0.326 e. The van der Waals surface area contributed by atoms with Gasteiger partial charge in [0.15, 0.2) is 5.96 Å². The molecule has 0 spiro atoms. The van der Waals surface area contributed by atoms with Crippen molar-refractivity contribution in [3.05, 3.63) is 29.8 Å². The molecule has 0 aliphatic carbocycles. The van der Waals surface area contributed by atoms with Crippen LogP contribution in [0.5, 0.6) is 5.75 Å². The van der Waals surface area contributed by atoms with Gasteiger partial charge in [-0.1, -0.05) is 32.4 Å². The summed E-state index contributed by atoms with van der Waals surface area (Å²) < 4.78 is 0. The molecule has 0 bridgehead atoms. The number of phenols is 1. The summed E-state index contributed by atoms with van der Waals surface area (Å²) in [6.07, 6.45) is 2.57. The van der Waals surface area contributed by atoms with Crippen LogP contribution in [0.2, 0.25) is 0 Å². The largest absolute Gasteiger partial charge is 0.508 e. The van der Waals surface area contributed by atoms with Gasteiger partial charge in [0.2, 0.25) is 17.7 Å². The van der Waals surface area contributed by atoms with Crippen molar-refractivity contribution in [2.24, 2.45) is 22.4 Å². The lowest BCUT2D eigenvalue weighted by Crippen LogP contribution is -2.58. The molecule has 1 fully saturated rings. The van der Waals surface area contributed by atoms with Gasteiger partial charge in [-0.3, -0.25) is 19.4 Å². The van der Waals surface area contributed by atoms with Gasteiger partial charge in [-0.05, 0) is 55.8 Å². The minimum atomic E-state index is -1.28. The van der Waals surface area contributed by atoms with E-state index in [0.29, 0.717) is 24.8 Å². The van der Waals surface area contributed by atoms with Crippen LogP contribution in [0, 0.1) is 5.92 Å². The average molecular weight is 548 g/mol. The van der Waals surface area contributed by atoms with Crippen LogP contribution in [0.1, 0.15) is 51.5 Å². The molecule has 2 rings (SSSR count). The van der Waals surface area contributed by atoms with Crippen LogP contribution < -0.4 is 32.7 Å². The molecule has 1 saturated heterocycles. The van der Waals surface area contributed by atoms with Crippen LogP contribution in [0.4, 0.5) is 0 Å². The molecule has 1 aliphatic rings. The number of nitrogens with one attached hydrogen (secondary N) is 4. The number of aliphatic carboxylic acids is 1. The number of carbonyl (C=O) groups is 4. The first-order valence-electron chi connectivity index (χ1n) is 13.2. The van der Waals surface area contributed by atoms with E-state index in [9.17, 15) is 29.4 Å². The van der Waals surface area contributed by atoms with E-state index < -0.39 is 35.9 Å². The van der Waals surface area contributed by atoms with Gasteiger partial charge in [0.1, 0.15) is 23.9 Å². The molecular weight excluding hydrogens is 506 g/mol. The van der Waals surface area contributed by atoms with Crippen LogP contribution in [-0.2, 0) is 25.6 Å². The van der Waals surface area contributed by atoms with Crippen molar-refractivity contribution in [3.63, 3.8) is 0 Å². The third kappa shape index (κ3) is 10.4. The van der Waals surface area contributed by atoms with Gasteiger partial charge in [-0.25, -0.2) is 4.79 Å². The Morgan fingerprint density at radius 1 is 1.08 bits per heavy atom. The first-order chi connectivity index (χ1) is 18.5. The summed E-state index contributed by atoms with van der Waals surface area (Å²) in [7, 11) is 0. The van der Waals surface area contributed by atoms with Crippen molar-refractivity contribution in [2.75, 3.05) is 13.1 Å². The van der Waals surface area contributed by atoms with E-state index in [-0.39, 0.29) is 49.0 Å². The Balaban J connectivity index is 2.17. The predicted molar refractivity (Wildman–Crippen MR) is 146 cm³/mol.